The lowest BCUT2D eigenvalue weighted by Crippen LogP contribution is -2.18. The van der Waals surface area contributed by atoms with Crippen LogP contribution >= 0.6 is 11.8 Å². The molecule has 0 N–H and O–H groups in total. The molecule has 0 aliphatic heterocycles. The molecule has 15 heavy (non-hydrogen) atoms. The Morgan fingerprint density at radius 1 is 1.33 bits per heavy atom. The lowest BCUT2D eigenvalue weighted by atomic mass is 10.2. The van der Waals surface area contributed by atoms with E-state index in [-0.39, 0.29) is 0 Å². The summed E-state index contributed by atoms with van der Waals surface area (Å²) >= 11 is 1.75. The Morgan fingerprint density at radius 3 is 2.53 bits per heavy atom. The molecule has 0 aliphatic carbocycles. The van der Waals surface area contributed by atoms with Gasteiger partial charge in [-0.05, 0) is 36.9 Å². The molecule has 0 radical (unpaired) electrons. The second-order valence-electron chi connectivity index (χ2n) is 3.38. The molecule has 0 unspecified atom stereocenters. The molecule has 0 saturated carbocycles. The molecule has 3 heteroatoms. The van der Waals surface area contributed by atoms with Gasteiger partial charge in [0, 0.05) is 30.6 Å². The molecule has 80 valence electrons. The van der Waals surface area contributed by atoms with Gasteiger partial charge in [0.2, 0.25) is 0 Å². The summed E-state index contributed by atoms with van der Waals surface area (Å²) in [5.41, 5.74) is 1.21. The molecular formula is C12H16N2S. The first-order valence-electron chi connectivity index (χ1n) is 5.00. The summed E-state index contributed by atoms with van der Waals surface area (Å²) in [5, 5.41) is 8.45. The Labute approximate surface area is 95.9 Å². The molecule has 0 spiro atoms. The van der Waals surface area contributed by atoms with Crippen LogP contribution in [0, 0.1) is 11.3 Å². The van der Waals surface area contributed by atoms with Crippen molar-refractivity contribution in [2.45, 2.75) is 17.7 Å². The monoisotopic (exact) mass is 220 g/mol. The third kappa shape index (κ3) is 3.85. The van der Waals surface area contributed by atoms with Gasteiger partial charge in [-0.3, -0.25) is 0 Å². The van der Waals surface area contributed by atoms with E-state index in [0.717, 1.165) is 13.0 Å². The van der Waals surface area contributed by atoms with Gasteiger partial charge in [0.25, 0.3) is 0 Å². The molecule has 0 amide bonds. The van der Waals surface area contributed by atoms with Gasteiger partial charge in [-0.15, -0.1) is 11.8 Å². The number of nitriles is 1. The van der Waals surface area contributed by atoms with Gasteiger partial charge in [0.05, 0.1) is 6.07 Å². The fourth-order valence-electron chi connectivity index (χ4n) is 1.36. The Bertz CT molecular complexity index is 326. The molecule has 0 fully saturated rings. The normalized spacial score (nSPS) is 9.67. The van der Waals surface area contributed by atoms with Crippen LogP contribution in [0.5, 0.6) is 0 Å². The highest BCUT2D eigenvalue weighted by atomic mass is 32.2. The van der Waals surface area contributed by atoms with Crippen LogP contribution in [0.2, 0.25) is 0 Å². The van der Waals surface area contributed by atoms with Gasteiger partial charge in [-0.2, -0.15) is 5.26 Å². The fraction of sp³-hybridized carbons (Fsp3) is 0.417. The van der Waals surface area contributed by atoms with Gasteiger partial charge in [0.1, 0.15) is 0 Å². The van der Waals surface area contributed by atoms with Crippen molar-refractivity contribution < 1.29 is 0 Å². The van der Waals surface area contributed by atoms with Crippen LogP contribution in [0.25, 0.3) is 0 Å². The number of hydrogen-bond donors (Lipinski definition) is 0. The van der Waals surface area contributed by atoms with Gasteiger partial charge >= 0.3 is 0 Å². The molecule has 0 aromatic heterocycles. The zero-order valence-electron chi connectivity index (χ0n) is 9.23. The Hall–Kier alpha value is -1.14. The van der Waals surface area contributed by atoms with Crippen LogP contribution in [0.1, 0.15) is 12.8 Å². The number of rotatable bonds is 5. The minimum Gasteiger partial charge on any atom is -0.375 e. The molecule has 0 saturated heterocycles. The molecule has 0 heterocycles. The maximum atomic E-state index is 8.45. The second-order valence-corrected chi connectivity index (χ2v) is 4.26. The van der Waals surface area contributed by atoms with E-state index >= 15 is 0 Å². The minimum absolute atomic E-state index is 0.632. The van der Waals surface area contributed by atoms with Crippen molar-refractivity contribution >= 4 is 17.4 Å². The third-order valence-corrected chi connectivity index (χ3v) is 3.04. The minimum atomic E-state index is 0.632. The van der Waals surface area contributed by atoms with Gasteiger partial charge < -0.3 is 4.90 Å². The SMILES string of the molecule is CSc1ccc(N(C)CCCC#N)cc1. The zero-order valence-corrected chi connectivity index (χ0v) is 10.0. The quantitative estimate of drug-likeness (QED) is 0.563. The summed E-state index contributed by atoms with van der Waals surface area (Å²) in [6.45, 7) is 0.937. The maximum Gasteiger partial charge on any atom is 0.0622 e. The molecule has 1 rings (SSSR count). The average molecular weight is 220 g/mol. The summed E-state index contributed by atoms with van der Waals surface area (Å²) in [6, 6.07) is 10.7. The highest BCUT2D eigenvalue weighted by Gasteiger charge is 1.99. The van der Waals surface area contributed by atoms with Crippen LogP contribution in [0.4, 0.5) is 5.69 Å². The van der Waals surface area contributed by atoms with Crippen LogP contribution in [-0.4, -0.2) is 19.8 Å². The molecule has 1 aromatic rings. The fourth-order valence-corrected chi connectivity index (χ4v) is 1.77. The Balaban J connectivity index is 2.51. The number of anilines is 1. The molecule has 0 atom stereocenters. The first-order chi connectivity index (χ1) is 7.27. The summed E-state index contributed by atoms with van der Waals surface area (Å²) in [7, 11) is 2.06. The van der Waals surface area contributed by atoms with Crippen molar-refractivity contribution in [3.63, 3.8) is 0 Å². The van der Waals surface area contributed by atoms with E-state index in [1.807, 2.05) is 0 Å². The first-order valence-corrected chi connectivity index (χ1v) is 6.22. The number of nitrogens with zero attached hydrogens (tertiary/aromatic N) is 2. The van der Waals surface area contributed by atoms with Crippen LogP contribution < -0.4 is 4.90 Å². The van der Waals surface area contributed by atoms with Crippen LogP contribution in [0.3, 0.4) is 0 Å². The topological polar surface area (TPSA) is 27.0 Å². The van der Waals surface area contributed by atoms with Gasteiger partial charge in [-0.1, -0.05) is 0 Å². The lowest BCUT2D eigenvalue weighted by Gasteiger charge is -2.18. The van der Waals surface area contributed by atoms with E-state index in [1.54, 1.807) is 11.8 Å². The Morgan fingerprint density at radius 2 is 2.00 bits per heavy atom. The standard InChI is InChI=1S/C12H16N2S/c1-14(10-4-3-9-13)11-5-7-12(15-2)8-6-11/h5-8H,3-4,10H2,1-2H3. The second kappa shape index (κ2) is 6.36. The largest absolute Gasteiger partial charge is 0.375 e. The zero-order chi connectivity index (χ0) is 11.1. The van der Waals surface area contributed by atoms with Crippen molar-refractivity contribution in [1.29, 1.82) is 5.26 Å². The molecule has 1 aromatic carbocycles. The highest BCUT2D eigenvalue weighted by molar-refractivity contribution is 7.98. The van der Waals surface area contributed by atoms with E-state index < -0.39 is 0 Å². The average Bonchev–Trinajstić information content (AvgIpc) is 2.29. The van der Waals surface area contributed by atoms with E-state index in [0.29, 0.717) is 6.42 Å². The van der Waals surface area contributed by atoms with Crippen molar-refractivity contribution in [3.05, 3.63) is 24.3 Å². The molecular weight excluding hydrogens is 204 g/mol. The molecule has 2 nitrogen and oxygen atoms in total. The van der Waals surface area contributed by atoms with Crippen molar-refractivity contribution in [1.82, 2.24) is 0 Å². The summed E-state index contributed by atoms with van der Waals surface area (Å²) < 4.78 is 0. The number of thioether (sulfide) groups is 1. The first kappa shape index (κ1) is 11.9. The predicted octanol–water partition coefficient (Wildman–Crippen LogP) is 3.15. The summed E-state index contributed by atoms with van der Waals surface area (Å²) in [4.78, 5) is 3.46. The number of hydrogen-bond acceptors (Lipinski definition) is 3. The van der Waals surface area contributed by atoms with Crippen molar-refractivity contribution in [2.75, 3.05) is 24.7 Å². The molecule has 0 bridgehead atoms. The van der Waals surface area contributed by atoms with E-state index in [1.165, 1.54) is 10.6 Å². The van der Waals surface area contributed by atoms with Gasteiger partial charge in [0.15, 0.2) is 0 Å². The maximum absolute atomic E-state index is 8.45. The van der Waals surface area contributed by atoms with Crippen molar-refractivity contribution in [3.8, 4) is 6.07 Å². The van der Waals surface area contributed by atoms with Crippen LogP contribution in [0.15, 0.2) is 29.2 Å². The third-order valence-electron chi connectivity index (χ3n) is 2.30. The highest BCUT2D eigenvalue weighted by Crippen LogP contribution is 2.19. The van der Waals surface area contributed by atoms with E-state index in [4.69, 9.17) is 5.26 Å². The summed E-state index contributed by atoms with van der Waals surface area (Å²) in [6.07, 6.45) is 3.64. The number of benzene rings is 1. The predicted molar refractivity (Wildman–Crippen MR) is 66.3 cm³/mol. The lowest BCUT2D eigenvalue weighted by molar-refractivity contribution is 0.806. The van der Waals surface area contributed by atoms with E-state index in [9.17, 15) is 0 Å². The van der Waals surface area contributed by atoms with Crippen molar-refractivity contribution in [2.24, 2.45) is 0 Å². The molecule has 0 aliphatic rings. The number of unbranched alkanes of at least 4 members (excludes halogenated alkanes) is 1. The smallest absolute Gasteiger partial charge is 0.0622 e. The van der Waals surface area contributed by atoms with Crippen LogP contribution in [-0.2, 0) is 0 Å². The Kier molecular flexibility index (Phi) is 5.06. The van der Waals surface area contributed by atoms with E-state index in [2.05, 4.69) is 48.5 Å². The summed E-state index contributed by atoms with van der Waals surface area (Å²) in [5.74, 6) is 0. The van der Waals surface area contributed by atoms with Gasteiger partial charge in [-0.25, -0.2) is 0 Å².